The van der Waals surface area contributed by atoms with Crippen LogP contribution in [-0.2, 0) is 4.74 Å². The molecule has 0 bridgehead atoms. The zero-order valence-corrected chi connectivity index (χ0v) is 12.1. The van der Waals surface area contributed by atoms with Crippen LogP contribution in [0.5, 0.6) is 11.5 Å². The molecule has 1 aliphatic heterocycles. The van der Waals surface area contributed by atoms with Crippen LogP contribution in [0.25, 0.3) is 0 Å². The van der Waals surface area contributed by atoms with Crippen LogP contribution in [0.3, 0.4) is 0 Å². The van der Waals surface area contributed by atoms with E-state index in [1.54, 1.807) is 24.3 Å². The molecule has 2 atom stereocenters. The predicted molar refractivity (Wildman–Crippen MR) is 81.2 cm³/mol. The average molecular weight is 282 g/mol. The third-order valence-electron chi connectivity index (χ3n) is 4.07. The van der Waals surface area contributed by atoms with Gasteiger partial charge >= 0.3 is 0 Å². The molecule has 21 heavy (non-hydrogen) atoms. The summed E-state index contributed by atoms with van der Waals surface area (Å²) in [6.07, 6.45) is -0.186. The molecule has 3 heteroatoms. The molecule has 3 rings (SSSR count). The van der Waals surface area contributed by atoms with E-state index in [9.17, 15) is 10.2 Å². The van der Waals surface area contributed by atoms with E-state index in [0.29, 0.717) is 0 Å². The van der Waals surface area contributed by atoms with Gasteiger partial charge in [0.1, 0.15) is 23.7 Å². The first-order valence-corrected chi connectivity index (χ1v) is 6.97. The molecule has 108 valence electrons. The molecule has 0 saturated carbocycles. The Labute approximate surface area is 124 Å². The Morgan fingerprint density at radius 2 is 1.00 bits per heavy atom. The van der Waals surface area contributed by atoms with E-state index in [-0.39, 0.29) is 23.7 Å². The van der Waals surface area contributed by atoms with Gasteiger partial charge in [-0.25, -0.2) is 0 Å². The molecule has 2 aromatic rings. The molecule has 3 nitrogen and oxygen atoms in total. The summed E-state index contributed by atoms with van der Waals surface area (Å²) in [4.78, 5) is 0. The summed E-state index contributed by atoms with van der Waals surface area (Å²) in [7, 11) is 0. The summed E-state index contributed by atoms with van der Waals surface area (Å²) in [6, 6.07) is 14.2. The lowest BCUT2D eigenvalue weighted by Crippen LogP contribution is -2.03. The molecule has 1 aliphatic rings. The maximum atomic E-state index is 9.40. The minimum Gasteiger partial charge on any atom is -0.508 e. The van der Waals surface area contributed by atoms with Crippen molar-refractivity contribution in [2.75, 3.05) is 0 Å². The molecule has 0 unspecified atom stereocenters. The first kappa shape index (κ1) is 13.7. The van der Waals surface area contributed by atoms with Crippen LogP contribution in [0, 0.1) is 0 Å². The van der Waals surface area contributed by atoms with E-state index in [1.807, 2.05) is 24.3 Å². The Morgan fingerprint density at radius 3 is 1.33 bits per heavy atom. The SMILES string of the molecule is CC1=C(C)[C@H](c2ccc(O)cc2)O[C@H]1c1ccc(O)cc1. The number of hydrogen-bond donors (Lipinski definition) is 2. The van der Waals surface area contributed by atoms with Crippen LogP contribution >= 0.6 is 0 Å². The summed E-state index contributed by atoms with van der Waals surface area (Å²) < 4.78 is 6.20. The van der Waals surface area contributed by atoms with Gasteiger partial charge in [-0.3, -0.25) is 0 Å². The number of aromatic hydroxyl groups is 2. The Morgan fingerprint density at radius 1 is 0.667 bits per heavy atom. The van der Waals surface area contributed by atoms with Gasteiger partial charge in [0.05, 0.1) is 0 Å². The van der Waals surface area contributed by atoms with Crippen molar-refractivity contribution in [1.82, 2.24) is 0 Å². The summed E-state index contributed by atoms with van der Waals surface area (Å²) in [5, 5.41) is 18.8. The fraction of sp³-hybridized carbons (Fsp3) is 0.222. The molecule has 0 radical (unpaired) electrons. The van der Waals surface area contributed by atoms with Crippen molar-refractivity contribution in [2.24, 2.45) is 0 Å². The fourth-order valence-corrected chi connectivity index (χ4v) is 2.71. The van der Waals surface area contributed by atoms with Crippen LogP contribution in [-0.4, -0.2) is 10.2 Å². The normalized spacial score (nSPS) is 21.8. The minimum atomic E-state index is -0.0931. The van der Waals surface area contributed by atoms with Gasteiger partial charge in [0, 0.05) is 0 Å². The Balaban J connectivity index is 1.91. The third-order valence-corrected chi connectivity index (χ3v) is 4.07. The highest BCUT2D eigenvalue weighted by molar-refractivity contribution is 5.40. The monoisotopic (exact) mass is 282 g/mol. The number of hydrogen-bond acceptors (Lipinski definition) is 3. The largest absolute Gasteiger partial charge is 0.508 e. The van der Waals surface area contributed by atoms with Crippen LogP contribution in [0.2, 0.25) is 0 Å². The number of ether oxygens (including phenoxy) is 1. The number of benzene rings is 2. The van der Waals surface area contributed by atoms with Crippen molar-refractivity contribution in [3.05, 3.63) is 70.8 Å². The molecular weight excluding hydrogens is 264 g/mol. The van der Waals surface area contributed by atoms with E-state index in [2.05, 4.69) is 13.8 Å². The van der Waals surface area contributed by atoms with E-state index >= 15 is 0 Å². The van der Waals surface area contributed by atoms with Gasteiger partial charge < -0.3 is 14.9 Å². The molecule has 0 saturated heterocycles. The summed E-state index contributed by atoms with van der Waals surface area (Å²) in [5.74, 6) is 0.510. The van der Waals surface area contributed by atoms with Crippen LogP contribution < -0.4 is 0 Å². The Kier molecular flexibility index (Phi) is 3.43. The van der Waals surface area contributed by atoms with Crippen molar-refractivity contribution in [2.45, 2.75) is 26.1 Å². The highest BCUT2D eigenvalue weighted by atomic mass is 16.5. The maximum absolute atomic E-state index is 9.40. The van der Waals surface area contributed by atoms with E-state index < -0.39 is 0 Å². The third kappa shape index (κ3) is 2.52. The quantitative estimate of drug-likeness (QED) is 0.810. The summed E-state index contributed by atoms with van der Waals surface area (Å²) >= 11 is 0. The van der Waals surface area contributed by atoms with Crippen molar-refractivity contribution >= 4 is 0 Å². The van der Waals surface area contributed by atoms with Gasteiger partial charge in [0.15, 0.2) is 0 Å². The molecular formula is C18H18O3. The second-order valence-corrected chi connectivity index (χ2v) is 5.45. The zero-order valence-electron chi connectivity index (χ0n) is 12.1. The second kappa shape index (κ2) is 5.26. The summed E-state index contributed by atoms with van der Waals surface area (Å²) in [5.41, 5.74) is 4.45. The molecule has 0 amide bonds. The van der Waals surface area contributed by atoms with Crippen LogP contribution in [0.15, 0.2) is 59.7 Å². The van der Waals surface area contributed by atoms with Crippen LogP contribution in [0.4, 0.5) is 0 Å². The smallest absolute Gasteiger partial charge is 0.115 e. The lowest BCUT2D eigenvalue weighted by atomic mass is 9.97. The zero-order chi connectivity index (χ0) is 15.0. The lowest BCUT2D eigenvalue weighted by Gasteiger charge is -2.17. The first-order chi connectivity index (χ1) is 10.1. The first-order valence-electron chi connectivity index (χ1n) is 6.97. The molecule has 2 aromatic carbocycles. The minimum absolute atomic E-state index is 0.0931. The Hall–Kier alpha value is -2.26. The van der Waals surface area contributed by atoms with Crippen molar-refractivity contribution in [1.29, 1.82) is 0 Å². The Bertz CT molecular complexity index is 609. The van der Waals surface area contributed by atoms with Crippen molar-refractivity contribution < 1.29 is 14.9 Å². The highest BCUT2D eigenvalue weighted by Crippen LogP contribution is 2.45. The van der Waals surface area contributed by atoms with Crippen molar-refractivity contribution in [3.63, 3.8) is 0 Å². The van der Waals surface area contributed by atoms with E-state index in [0.717, 1.165) is 11.1 Å². The van der Waals surface area contributed by atoms with Crippen LogP contribution in [0.1, 0.15) is 37.2 Å². The molecule has 0 aliphatic carbocycles. The topological polar surface area (TPSA) is 49.7 Å². The molecule has 1 heterocycles. The molecule has 0 fully saturated rings. The van der Waals surface area contributed by atoms with Gasteiger partial charge in [-0.2, -0.15) is 0 Å². The predicted octanol–water partition coefficient (Wildman–Crippen LogP) is 4.25. The molecule has 2 N–H and O–H groups in total. The number of rotatable bonds is 2. The standard InChI is InChI=1S/C18H18O3/c1-11-12(2)18(14-5-9-16(20)10-6-14)21-17(11)13-3-7-15(19)8-4-13/h3-10,17-20H,1-2H3/t17-,18-/m1/s1. The molecule has 0 aromatic heterocycles. The fourth-order valence-electron chi connectivity index (χ4n) is 2.71. The van der Waals surface area contributed by atoms with Gasteiger partial charge in [-0.1, -0.05) is 24.3 Å². The number of phenolic OH excluding ortho intramolecular Hbond substituents is 2. The van der Waals surface area contributed by atoms with Gasteiger partial charge in [-0.05, 0) is 60.4 Å². The lowest BCUT2D eigenvalue weighted by molar-refractivity contribution is 0.0518. The highest BCUT2D eigenvalue weighted by Gasteiger charge is 2.31. The van der Waals surface area contributed by atoms with Gasteiger partial charge in [-0.15, -0.1) is 0 Å². The van der Waals surface area contributed by atoms with Gasteiger partial charge in [0.25, 0.3) is 0 Å². The average Bonchev–Trinajstić information content (AvgIpc) is 2.78. The van der Waals surface area contributed by atoms with E-state index in [1.165, 1.54) is 11.1 Å². The molecule has 0 spiro atoms. The summed E-state index contributed by atoms with van der Waals surface area (Å²) in [6.45, 7) is 4.15. The van der Waals surface area contributed by atoms with Crippen molar-refractivity contribution in [3.8, 4) is 11.5 Å². The van der Waals surface area contributed by atoms with Gasteiger partial charge in [0.2, 0.25) is 0 Å². The number of phenols is 2. The van der Waals surface area contributed by atoms with E-state index in [4.69, 9.17) is 4.74 Å². The second-order valence-electron chi connectivity index (χ2n) is 5.45. The maximum Gasteiger partial charge on any atom is 0.115 e.